The first kappa shape index (κ1) is 14.4. The van der Waals surface area contributed by atoms with Crippen LogP contribution in [0.4, 0.5) is 0 Å². The van der Waals surface area contributed by atoms with Gasteiger partial charge in [-0.25, -0.2) is 4.79 Å². The minimum absolute atomic E-state index is 0.00246. The molecular formula is C16H15ClN2O4. The molecule has 0 saturated carbocycles. The predicted octanol–water partition coefficient (Wildman–Crippen LogP) is 1.39. The number of hydrogen-bond donors (Lipinski definition) is 0. The highest BCUT2D eigenvalue weighted by Gasteiger charge is 2.40. The lowest BCUT2D eigenvalue weighted by Crippen LogP contribution is -2.45. The van der Waals surface area contributed by atoms with E-state index in [1.165, 1.54) is 11.6 Å². The van der Waals surface area contributed by atoms with Crippen molar-refractivity contribution in [1.82, 2.24) is 9.13 Å². The molecule has 0 fully saturated rings. The number of benzene rings is 1. The molecule has 120 valence electrons. The smallest absolute Gasteiger partial charge is 0.330 e. The Kier molecular flexibility index (Phi) is 3.06. The molecule has 0 amide bonds. The van der Waals surface area contributed by atoms with Crippen molar-refractivity contribution in [3.8, 4) is 11.5 Å². The van der Waals surface area contributed by atoms with Gasteiger partial charge in [0.1, 0.15) is 5.75 Å². The largest absolute Gasteiger partial charge is 0.493 e. The fourth-order valence-electron chi connectivity index (χ4n) is 3.48. The van der Waals surface area contributed by atoms with Gasteiger partial charge < -0.3 is 9.47 Å². The maximum atomic E-state index is 12.3. The molecule has 0 spiro atoms. The van der Waals surface area contributed by atoms with E-state index in [0.29, 0.717) is 23.9 Å². The summed E-state index contributed by atoms with van der Waals surface area (Å²) >= 11 is 6.11. The van der Waals surface area contributed by atoms with Gasteiger partial charge in [-0.15, -0.1) is 0 Å². The first-order valence-corrected chi connectivity index (χ1v) is 7.71. The van der Waals surface area contributed by atoms with Gasteiger partial charge in [-0.1, -0.05) is 11.6 Å². The first-order chi connectivity index (χ1) is 11.0. The van der Waals surface area contributed by atoms with E-state index in [9.17, 15) is 9.59 Å². The van der Waals surface area contributed by atoms with E-state index in [1.807, 2.05) is 12.1 Å². The van der Waals surface area contributed by atoms with Crippen LogP contribution in [-0.2, 0) is 14.1 Å². The van der Waals surface area contributed by atoms with Crippen LogP contribution in [0.2, 0.25) is 5.02 Å². The Bertz CT molecular complexity index is 931. The molecule has 3 heterocycles. The molecule has 7 heteroatoms. The lowest BCUT2D eigenvalue weighted by atomic mass is 9.80. The molecule has 0 saturated heterocycles. The quantitative estimate of drug-likeness (QED) is 0.730. The van der Waals surface area contributed by atoms with Crippen molar-refractivity contribution in [2.75, 3.05) is 13.2 Å². The van der Waals surface area contributed by atoms with Crippen LogP contribution in [0.25, 0.3) is 0 Å². The van der Waals surface area contributed by atoms with E-state index >= 15 is 0 Å². The number of aromatic nitrogens is 2. The molecule has 0 aliphatic carbocycles. The maximum absolute atomic E-state index is 12.3. The van der Waals surface area contributed by atoms with Crippen molar-refractivity contribution in [3.05, 3.63) is 55.3 Å². The van der Waals surface area contributed by atoms with E-state index in [0.717, 1.165) is 15.9 Å². The molecular weight excluding hydrogens is 320 g/mol. The molecule has 0 radical (unpaired) electrons. The Morgan fingerprint density at radius 2 is 1.83 bits per heavy atom. The molecule has 2 atom stereocenters. The summed E-state index contributed by atoms with van der Waals surface area (Å²) in [5.41, 5.74) is 0.779. The second-order valence-electron chi connectivity index (χ2n) is 5.94. The minimum Gasteiger partial charge on any atom is -0.493 e. The van der Waals surface area contributed by atoms with Gasteiger partial charge >= 0.3 is 5.69 Å². The topological polar surface area (TPSA) is 62.5 Å². The third-order valence-electron chi connectivity index (χ3n) is 4.70. The lowest BCUT2D eigenvalue weighted by Gasteiger charge is -2.38. The third-order valence-corrected chi connectivity index (χ3v) is 4.94. The summed E-state index contributed by atoms with van der Waals surface area (Å²) in [4.78, 5) is 24.6. The molecule has 1 aromatic carbocycles. The molecule has 1 aromatic heterocycles. The Labute approximate surface area is 136 Å². The highest BCUT2D eigenvalue weighted by atomic mass is 35.5. The summed E-state index contributed by atoms with van der Waals surface area (Å²) in [5.74, 6) is 0.903. The molecule has 2 aliphatic rings. The van der Waals surface area contributed by atoms with E-state index < -0.39 is 5.56 Å². The monoisotopic (exact) mass is 334 g/mol. The van der Waals surface area contributed by atoms with E-state index in [2.05, 4.69) is 0 Å². The third kappa shape index (κ3) is 1.94. The van der Waals surface area contributed by atoms with Gasteiger partial charge in [0.15, 0.2) is 0 Å². The van der Waals surface area contributed by atoms with Crippen LogP contribution < -0.4 is 20.7 Å². The molecule has 4 rings (SSSR count). The first-order valence-electron chi connectivity index (χ1n) is 7.34. The van der Waals surface area contributed by atoms with Gasteiger partial charge in [-0.2, -0.15) is 0 Å². The van der Waals surface area contributed by atoms with Gasteiger partial charge in [0.05, 0.1) is 18.9 Å². The second-order valence-corrected chi connectivity index (χ2v) is 6.37. The molecule has 0 bridgehead atoms. The number of nitrogens with zero attached hydrogens (tertiary/aromatic N) is 2. The number of fused-ring (bicyclic) bond motifs is 5. The van der Waals surface area contributed by atoms with Crippen molar-refractivity contribution in [2.45, 2.75) is 11.8 Å². The Morgan fingerprint density at radius 3 is 2.61 bits per heavy atom. The molecule has 0 N–H and O–H groups in total. The van der Waals surface area contributed by atoms with Crippen LogP contribution >= 0.6 is 11.6 Å². The normalized spacial score (nSPS) is 21.5. The molecule has 0 unspecified atom stereocenters. The number of ether oxygens (including phenoxy) is 2. The van der Waals surface area contributed by atoms with Gasteiger partial charge in [0.25, 0.3) is 5.56 Å². The zero-order valence-corrected chi connectivity index (χ0v) is 13.5. The van der Waals surface area contributed by atoms with Crippen LogP contribution in [0.1, 0.15) is 23.1 Å². The highest BCUT2D eigenvalue weighted by molar-refractivity contribution is 6.30. The van der Waals surface area contributed by atoms with Gasteiger partial charge in [-0.05, 0) is 18.2 Å². The van der Waals surface area contributed by atoms with Gasteiger partial charge in [0, 0.05) is 36.5 Å². The number of rotatable bonds is 0. The Morgan fingerprint density at radius 1 is 1.09 bits per heavy atom. The standard InChI is InChI=1S/C16H15ClN2O4/c1-18-13-11-7-22-12-4-3-8(17)5-9(12)10(11)6-23-14(13)15(20)19(2)16(18)21/h3-5,10-11H,6-7H2,1-2H3/t10-,11+/m0/s1. The summed E-state index contributed by atoms with van der Waals surface area (Å²) in [7, 11) is 3.10. The maximum Gasteiger partial charge on any atom is 0.330 e. The average Bonchev–Trinajstić information content (AvgIpc) is 2.56. The second kappa shape index (κ2) is 4.89. The van der Waals surface area contributed by atoms with Crippen LogP contribution in [0, 0.1) is 0 Å². The molecule has 6 nitrogen and oxygen atoms in total. The van der Waals surface area contributed by atoms with E-state index in [-0.39, 0.29) is 23.3 Å². The van der Waals surface area contributed by atoms with Crippen molar-refractivity contribution in [1.29, 1.82) is 0 Å². The summed E-state index contributed by atoms with van der Waals surface area (Å²) in [6.45, 7) is 0.762. The van der Waals surface area contributed by atoms with Crippen LogP contribution in [0.3, 0.4) is 0 Å². The molecule has 2 aliphatic heterocycles. The lowest BCUT2D eigenvalue weighted by molar-refractivity contribution is 0.157. The van der Waals surface area contributed by atoms with Gasteiger partial charge in [0.2, 0.25) is 5.75 Å². The van der Waals surface area contributed by atoms with E-state index in [1.54, 1.807) is 13.1 Å². The number of halogens is 1. The van der Waals surface area contributed by atoms with Crippen LogP contribution in [0.15, 0.2) is 27.8 Å². The summed E-state index contributed by atoms with van der Waals surface area (Å²) in [6, 6.07) is 5.48. The highest BCUT2D eigenvalue weighted by Crippen LogP contribution is 2.46. The average molecular weight is 335 g/mol. The van der Waals surface area contributed by atoms with Crippen LogP contribution in [0.5, 0.6) is 11.5 Å². The van der Waals surface area contributed by atoms with E-state index in [4.69, 9.17) is 21.1 Å². The molecule has 23 heavy (non-hydrogen) atoms. The Hall–Kier alpha value is -2.21. The van der Waals surface area contributed by atoms with Gasteiger partial charge in [-0.3, -0.25) is 13.9 Å². The predicted molar refractivity (Wildman–Crippen MR) is 84.8 cm³/mol. The van der Waals surface area contributed by atoms with Crippen molar-refractivity contribution in [3.63, 3.8) is 0 Å². The molecule has 2 aromatic rings. The minimum atomic E-state index is -0.404. The SMILES string of the molecule is Cn1c2c(c(=O)n(C)c1=O)OC[C@H]1c3cc(Cl)ccc3OC[C@@H]21. The fraction of sp³-hybridized carbons (Fsp3) is 0.375. The van der Waals surface area contributed by atoms with Crippen molar-refractivity contribution in [2.24, 2.45) is 14.1 Å². The van der Waals surface area contributed by atoms with Crippen molar-refractivity contribution >= 4 is 11.6 Å². The van der Waals surface area contributed by atoms with Crippen LogP contribution in [-0.4, -0.2) is 22.3 Å². The zero-order valence-electron chi connectivity index (χ0n) is 12.7. The van der Waals surface area contributed by atoms with Crippen molar-refractivity contribution < 1.29 is 9.47 Å². The Balaban J connectivity index is 1.94. The summed E-state index contributed by atoms with van der Waals surface area (Å²) < 4.78 is 14.1. The fourth-order valence-corrected chi connectivity index (χ4v) is 3.66. The number of hydrogen-bond acceptors (Lipinski definition) is 4. The summed E-state index contributed by atoms with van der Waals surface area (Å²) in [6.07, 6.45) is 0. The summed E-state index contributed by atoms with van der Waals surface area (Å²) in [5, 5.41) is 0.622. The zero-order chi connectivity index (χ0) is 16.3.